The Kier molecular flexibility index (Phi) is 5.47. The van der Waals surface area contributed by atoms with Gasteiger partial charge in [0.15, 0.2) is 0 Å². The molecular weight excluding hydrogens is 292 g/mol. The molecule has 18 heavy (non-hydrogen) atoms. The number of hydrogen-bond donors (Lipinski definition) is 1. The van der Waals surface area contributed by atoms with Crippen molar-refractivity contribution in [3.05, 3.63) is 28.7 Å². The molecule has 0 bridgehead atoms. The lowest BCUT2D eigenvalue weighted by atomic mass is 10.3. The second-order valence-electron chi connectivity index (χ2n) is 4.81. The third-order valence-corrected chi connectivity index (χ3v) is 3.69. The predicted molar refractivity (Wildman–Crippen MR) is 78.2 cm³/mol. The predicted octanol–water partition coefficient (Wildman–Crippen LogP) is 2.51. The smallest absolute Gasteiger partial charge is 0.119 e. The van der Waals surface area contributed by atoms with E-state index in [9.17, 15) is 0 Å². The van der Waals surface area contributed by atoms with E-state index in [0.717, 1.165) is 36.5 Å². The molecule has 0 radical (unpaired) electrons. The Morgan fingerprint density at radius 1 is 1.39 bits per heavy atom. The third kappa shape index (κ3) is 4.59. The topological polar surface area (TPSA) is 24.5 Å². The van der Waals surface area contributed by atoms with Gasteiger partial charge in [-0.05, 0) is 50.7 Å². The lowest BCUT2D eigenvalue weighted by molar-refractivity contribution is 0.208. The first-order valence-corrected chi connectivity index (χ1v) is 7.37. The van der Waals surface area contributed by atoms with Gasteiger partial charge in [0, 0.05) is 23.6 Å². The van der Waals surface area contributed by atoms with Crippen LogP contribution in [0.3, 0.4) is 0 Å². The standard InChI is InChI=1S/C14H21BrN2O/c1-12-11-17(8-2-7-16-12)9-10-18-14-5-3-13(15)4-6-14/h3-6,12,16H,2,7-11H2,1H3. The van der Waals surface area contributed by atoms with Crippen LogP contribution < -0.4 is 10.1 Å². The summed E-state index contributed by atoms with van der Waals surface area (Å²) in [5.74, 6) is 0.944. The average molecular weight is 313 g/mol. The Hall–Kier alpha value is -0.580. The van der Waals surface area contributed by atoms with E-state index in [4.69, 9.17) is 4.74 Å². The highest BCUT2D eigenvalue weighted by atomic mass is 79.9. The van der Waals surface area contributed by atoms with Crippen LogP contribution in [0.1, 0.15) is 13.3 Å². The van der Waals surface area contributed by atoms with Crippen LogP contribution >= 0.6 is 15.9 Å². The summed E-state index contributed by atoms with van der Waals surface area (Å²) in [4.78, 5) is 2.48. The molecule has 0 spiro atoms. The lowest BCUT2D eigenvalue weighted by Crippen LogP contribution is -2.37. The van der Waals surface area contributed by atoms with Gasteiger partial charge in [0.1, 0.15) is 12.4 Å². The zero-order valence-electron chi connectivity index (χ0n) is 10.9. The van der Waals surface area contributed by atoms with Gasteiger partial charge in [-0.1, -0.05) is 15.9 Å². The number of rotatable bonds is 4. The molecule has 2 rings (SSSR count). The summed E-state index contributed by atoms with van der Waals surface area (Å²) in [7, 11) is 0. The van der Waals surface area contributed by atoms with E-state index in [1.54, 1.807) is 0 Å². The first-order valence-electron chi connectivity index (χ1n) is 6.58. The summed E-state index contributed by atoms with van der Waals surface area (Å²) in [5, 5.41) is 3.50. The molecule has 1 N–H and O–H groups in total. The summed E-state index contributed by atoms with van der Waals surface area (Å²) < 4.78 is 6.84. The third-order valence-electron chi connectivity index (χ3n) is 3.17. The van der Waals surface area contributed by atoms with Crippen molar-refractivity contribution in [2.45, 2.75) is 19.4 Å². The van der Waals surface area contributed by atoms with E-state index in [1.165, 1.54) is 13.0 Å². The second-order valence-corrected chi connectivity index (χ2v) is 5.73. The fourth-order valence-electron chi connectivity index (χ4n) is 2.22. The number of hydrogen-bond acceptors (Lipinski definition) is 3. The van der Waals surface area contributed by atoms with Crippen LogP contribution in [0.4, 0.5) is 0 Å². The molecule has 1 aromatic rings. The normalized spacial score (nSPS) is 21.6. The fourth-order valence-corrected chi connectivity index (χ4v) is 2.49. The average Bonchev–Trinajstić information content (AvgIpc) is 2.56. The van der Waals surface area contributed by atoms with Crippen molar-refractivity contribution in [3.8, 4) is 5.75 Å². The fraction of sp³-hybridized carbons (Fsp3) is 0.571. The molecule has 1 aromatic carbocycles. The molecule has 1 aliphatic rings. The monoisotopic (exact) mass is 312 g/mol. The van der Waals surface area contributed by atoms with Crippen molar-refractivity contribution in [2.75, 3.05) is 32.8 Å². The summed E-state index contributed by atoms with van der Waals surface area (Å²) in [6, 6.07) is 8.59. The van der Waals surface area contributed by atoms with Crippen LogP contribution in [-0.2, 0) is 0 Å². The Morgan fingerprint density at radius 2 is 2.17 bits per heavy atom. The van der Waals surface area contributed by atoms with Gasteiger partial charge in [-0.2, -0.15) is 0 Å². The summed E-state index contributed by atoms with van der Waals surface area (Å²) in [6.07, 6.45) is 1.22. The van der Waals surface area contributed by atoms with Crippen LogP contribution in [0.15, 0.2) is 28.7 Å². The minimum Gasteiger partial charge on any atom is -0.492 e. The van der Waals surface area contributed by atoms with Gasteiger partial charge in [0.2, 0.25) is 0 Å². The lowest BCUT2D eigenvalue weighted by Gasteiger charge is -2.22. The molecule has 0 aliphatic carbocycles. The molecule has 1 aliphatic heterocycles. The van der Waals surface area contributed by atoms with Gasteiger partial charge in [-0.3, -0.25) is 4.90 Å². The molecule has 0 amide bonds. The molecule has 1 saturated heterocycles. The van der Waals surface area contributed by atoms with Gasteiger partial charge in [-0.25, -0.2) is 0 Å². The van der Waals surface area contributed by atoms with Gasteiger partial charge >= 0.3 is 0 Å². The van der Waals surface area contributed by atoms with Crippen molar-refractivity contribution in [2.24, 2.45) is 0 Å². The molecule has 1 heterocycles. The van der Waals surface area contributed by atoms with E-state index < -0.39 is 0 Å². The maximum atomic E-state index is 5.76. The van der Waals surface area contributed by atoms with E-state index in [2.05, 4.69) is 33.1 Å². The van der Waals surface area contributed by atoms with Gasteiger partial charge in [0.05, 0.1) is 0 Å². The highest BCUT2D eigenvalue weighted by Crippen LogP contribution is 2.16. The maximum Gasteiger partial charge on any atom is 0.119 e. The van der Waals surface area contributed by atoms with Crippen LogP contribution in [0, 0.1) is 0 Å². The van der Waals surface area contributed by atoms with Crippen molar-refractivity contribution in [1.82, 2.24) is 10.2 Å². The Balaban J connectivity index is 1.72. The molecule has 0 saturated carbocycles. The van der Waals surface area contributed by atoms with Gasteiger partial charge in [0.25, 0.3) is 0 Å². The second kappa shape index (κ2) is 7.12. The molecule has 4 heteroatoms. The molecular formula is C14H21BrN2O. The number of benzene rings is 1. The van der Waals surface area contributed by atoms with Gasteiger partial charge < -0.3 is 10.1 Å². The SMILES string of the molecule is CC1CN(CCOc2ccc(Br)cc2)CCCN1. The number of halogens is 1. The summed E-state index contributed by atoms with van der Waals surface area (Å²) >= 11 is 3.42. The minimum absolute atomic E-state index is 0.584. The van der Waals surface area contributed by atoms with Gasteiger partial charge in [-0.15, -0.1) is 0 Å². The van der Waals surface area contributed by atoms with E-state index in [-0.39, 0.29) is 0 Å². The van der Waals surface area contributed by atoms with Crippen LogP contribution in [0.2, 0.25) is 0 Å². The Bertz CT molecular complexity index is 355. The molecule has 1 unspecified atom stereocenters. The van der Waals surface area contributed by atoms with Crippen molar-refractivity contribution in [3.63, 3.8) is 0 Å². The van der Waals surface area contributed by atoms with Crippen molar-refractivity contribution < 1.29 is 4.74 Å². The summed E-state index contributed by atoms with van der Waals surface area (Å²) in [6.45, 7) is 7.42. The van der Waals surface area contributed by atoms with Crippen LogP contribution in [0.25, 0.3) is 0 Å². The molecule has 0 aromatic heterocycles. The number of nitrogens with zero attached hydrogens (tertiary/aromatic N) is 1. The zero-order chi connectivity index (χ0) is 12.8. The van der Waals surface area contributed by atoms with Crippen LogP contribution in [-0.4, -0.2) is 43.7 Å². The first kappa shape index (κ1) is 13.8. The quantitative estimate of drug-likeness (QED) is 0.924. The Morgan fingerprint density at radius 3 is 2.94 bits per heavy atom. The highest BCUT2D eigenvalue weighted by Gasteiger charge is 2.13. The van der Waals surface area contributed by atoms with Crippen LogP contribution in [0.5, 0.6) is 5.75 Å². The highest BCUT2D eigenvalue weighted by molar-refractivity contribution is 9.10. The molecule has 1 atom stereocenters. The largest absolute Gasteiger partial charge is 0.492 e. The maximum absolute atomic E-state index is 5.76. The number of ether oxygens (including phenoxy) is 1. The van der Waals surface area contributed by atoms with E-state index in [1.807, 2.05) is 24.3 Å². The summed E-state index contributed by atoms with van der Waals surface area (Å²) in [5.41, 5.74) is 0. The minimum atomic E-state index is 0.584. The Labute approximate surface area is 118 Å². The molecule has 100 valence electrons. The van der Waals surface area contributed by atoms with Crippen molar-refractivity contribution >= 4 is 15.9 Å². The number of nitrogens with one attached hydrogen (secondary N) is 1. The first-order chi connectivity index (χ1) is 8.74. The van der Waals surface area contributed by atoms with E-state index in [0.29, 0.717) is 6.04 Å². The molecule has 3 nitrogen and oxygen atoms in total. The zero-order valence-corrected chi connectivity index (χ0v) is 12.4. The van der Waals surface area contributed by atoms with Crippen molar-refractivity contribution in [1.29, 1.82) is 0 Å². The van der Waals surface area contributed by atoms with E-state index >= 15 is 0 Å². The molecule has 1 fully saturated rings.